The minimum Gasteiger partial charge on any atom is -0.490 e. The quantitative estimate of drug-likeness (QED) is 0.455. The molecule has 1 amide bonds. The molecular weight excluding hydrogens is 361 g/mol. The lowest BCUT2D eigenvalue weighted by Crippen LogP contribution is -2.45. The van der Waals surface area contributed by atoms with E-state index >= 15 is 0 Å². The molecule has 1 aromatic carbocycles. The van der Waals surface area contributed by atoms with Crippen LogP contribution in [0.1, 0.15) is 57.8 Å². The third-order valence-corrected chi connectivity index (χ3v) is 5.36. The first-order valence-electron chi connectivity index (χ1n) is 9.47. The number of rotatable bonds is 9. The van der Waals surface area contributed by atoms with E-state index in [0.29, 0.717) is 12.2 Å². The maximum Gasteiger partial charge on any atom is 0.255 e. The smallest absolute Gasteiger partial charge is 0.255 e. The van der Waals surface area contributed by atoms with Gasteiger partial charge in [-0.3, -0.25) is 4.79 Å². The number of carbonyl (C=O) groups excluding carboxylic acids is 1. The standard InChI is InChI=1S/C21H35FNO3Si/c1-20(2,3)14-21(4,5)23-19(24)15-10-11-16(22)18(25-6)17(15)26-12-9-13-27(7)8/h10-11H,9,12-14H2,1-8H3,(H,23,24). The van der Waals surface area contributed by atoms with Crippen LogP contribution in [0.15, 0.2) is 12.1 Å². The van der Waals surface area contributed by atoms with Gasteiger partial charge in [0.15, 0.2) is 17.3 Å². The minimum absolute atomic E-state index is 0.0187. The first-order chi connectivity index (χ1) is 12.4. The summed E-state index contributed by atoms with van der Waals surface area (Å²) in [5.41, 5.74) is -0.0412. The van der Waals surface area contributed by atoms with Gasteiger partial charge in [0.05, 0.1) is 19.3 Å². The Bertz CT molecular complexity index is 639. The van der Waals surface area contributed by atoms with Crippen molar-refractivity contribution in [1.82, 2.24) is 5.32 Å². The summed E-state index contributed by atoms with van der Waals surface area (Å²) in [4.78, 5) is 12.9. The van der Waals surface area contributed by atoms with Crippen molar-refractivity contribution < 1.29 is 18.7 Å². The molecule has 0 atom stereocenters. The van der Waals surface area contributed by atoms with E-state index in [1.807, 2.05) is 13.8 Å². The predicted molar refractivity (Wildman–Crippen MR) is 111 cm³/mol. The molecule has 0 heterocycles. The largest absolute Gasteiger partial charge is 0.490 e. The molecule has 27 heavy (non-hydrogen) atoms. The van der Waals surface area contributed by atoms with Crippen LogP contribution in [-0.4, -0.2) is 34.0 Å². The summed E-state index contributed by atoms with van der Waals surface area (Å²) in [6, 6.07) is 3.81. The Balaban J connectivity index is 3.05. The molecule has 4 nitrogen and oxygen atoms in total. The molecule has 1 radical (unpaired) electrons. The molecule has 0 aliphatic rings. The molecule has 0 spiro atoms. The van der Waals surface area contributed by atoms with Crippen LogP contribution in [0.25, 0.3) is 0 Å². The van der Waals surface area contributed by atoms with Gasteiger partial charge >= 0.3 is 0 Å². The Kier molecular flexibility index (Phi) is 8.33. The van der Waals surface area contributed by atoms with Crippen molar-refractivity contribution in [3.8, 4) is 11.5 Å². The molecule has 0 saturated carbocycles. The number of hydrogen-bond acceptors (Lipinski definition) is 3. The van der Waals surface area contributed by atoms with Crippen molar-refractivity contribution in [2.75, 3.05) is 13.7 Å². The molecule has 0 aliphatic carbocycles. The van der Waals surface area contributed by atoms with Crippen LogP contribution in [0.4, 0.5) is 4.39 Å². The van der Waals surface area contributed by atoms with Crippen LogP contribution in [-0.2, 0) is 0 Å². The average Bonchev–Trinajstić information content (AvgIpc) is 2.48. The number of carbonyl (C=O) groups is 1. The first-order valence-corrected chi connectivity index (χ1v) is 12.2. The van der Waals surface area contributed by atoms with Gasteiger partial charge in [0.25, 0.3) is 5.91 Å². The van der Waals surface area contributed by atoms with Crippen LogP contribution >= 0.6 is 0 Å². The van der Waals surface area contributed by atoms with Gasteiger partial charge in [-0.15, -0.1) is 0 Å². The van der Waals surface area contributed by atoms with E-state index in [1.165, 1.54) is 19.2 Å². The molecule has 0 bridgehead atoms. The van der Waals surface area contributed by atoms with Crippen molar-refractivity contribution in [2.24, 2.45) is 5.41 Å². The molecule has 0 unspecified atom stereocenters. The normalized spacial score (nSPS) is 12.2. The number of nitrogens with one attached hydrogen (secondary N) is 1. The fourth-order valence-electron chi connectivity index (χ4n) is 3.40. The van der Waals surface area contributed by atoms with E-state index in [2.05, 4.69) is 39.2 Å². The summed E-state index contributed by atoms with van der Waals surface area (Å²) in [5, 5.41) is 3.06. The monoisotopic (exact) mass is 396 g/mol. The fourth-order valence-corrected chi connectivity index (χ4v) is 4.25. The Morgan fingerprint density at radius 1 is 1.15 bits per heavy atom. The zero-order valence-electron chi connectivity index (χ0n) is 18.1. The van der Waals surface area contributed by atoms with E-state index in [-0.39, 0.29) is 31.6 Å². The molecule has 0 aromatic heterocycles. The summed E-state index contributed by atoms with van der Waals surface area (Å²) < 4.78 is 25.2. The van der Waals surface area contributed by atoms with Gasteiger partial charge in [-0.25, -0.2) is 4.39 Å². The Hall–Kier alpha value is -1.56. The second-order valence-electron chi connectivity index (χ2n) is 9.19. The Labute approximate surface area is 165 Å². The SMILES string of the molecule is COc1c(F)ccc(C(=O)NC(C)(C)CC(C)(C)C)c1OCCC[Si](C)C. The van der Waals surface area contributed by atoms with Gasteiger partial charge in [0, 0.05) is 14.3 Å². The van der Waals surface area contributed by atoms with Gasteiger partial charge in [-0.2, -0.15) is 0 Å². The highest BCUT2D eigenvalue weighted by Crippen LogP contribution is 2.35. The van der Waals surface area contributed by atoms with Crippen molar-refractivity contribution in [3.05, 3.63) is 23.5 Å². The number of benzene rings is 1. The highest BCUT2D eigenvalue weighted by atomic mass is 28.3. The minimum atomic E-state index is -0.534. The molecule has 0 aliphatic heterocycles. The van der Waals surface area contributed by atoms with E-state index in [0.717, 1.165) is 18.9 Å². The van der Waals surface area contributed by atoms with E-state index in [9.17, 15) is 9.18 Å². The highest BCUT2D eigenvalue weighted by molar-refractivity contribution is 6.55. The highest BCUT2D eigenvalue weighted by Gasteiger charge is 2.29. The number of ether oxygens (including phenoxy) is 2. The third-order valence-electron chi connectivity index (χ3n) is 4.00. The second-order valence-corrected chi connectivity index (χ2v) is 12.1. The zero-order chi connectivity index (χ0) is 20.8. The lowest BCUT2D eigenvalue weighted by atomic mass is 9.81. The summed E-state index contributed by atoms with van der Waals surface area (Å²) in [7, 11) is 1.04. The van der Waals surface area contributed by atoms with Gasteiger partial charge in [-0.05, 0) is 44.2 Å². The average molecular weight is 397 g/mol. The predicted octanol–water partition coefficient (Wildman–Crippen LogP) is 5.30. The molecule has 6 heteroatoms. The van der Waals surface area contributed by atoms with Crippen LogP contribution in [0.3, 0.4) is 0 Å². The van der Waals surface area contributed by atoms with Crippen molar-refractivity contribution in [2.45, 2.75) is 72.1 Å². The number of amides is 1. The van der Waals surface area contributed by atoms with Crippen LogP contribution in [0, 0.1) is 11.2 Å². The lowest BCUT2D eigenvalue weighted by Gasteiger charge is -2.33. The van der Waals surface area contributed by atoms with Crippen molar-refractivity contribution in [3.63, 3.8) is 0 Å². The van der Waals surface area contributed by atoms with Gasteiger partial charge in [-0.1, -0.05) is 39.9 Å². The molecule has 1 N–H and O–H groups in total. The first kappa shape index (κ1) is 23.5. The van der Waals surface area contributed by atoms with Gasteiger partial charge < -0.3 is 14.8 Å². The van der Waals surface area contributed by atoms with Crippen LogP contribution < -0.4 is 14.8 Å². The van der Waals surface area contributed by atoms with E-state index in [4.69, 9.17) is 9.47 Å². The lowest BCUT2D eigenvalue weighted by molar-refractivity contribution is 0.0886. The number of methoxy groups -OCH3 is 1. The number of hydrogen-bond donors (Lipinski definition) is 1. The third kappa shape index (κ3) is 7.91. The van der Waals surface area contributed by atoms with Crippen molar-refractivity contribution in [1.29, 1.82) is 0 Å². The maximum atomic E-state index is 14.2. The maximum absolute atomic E-state index is 14.2. The van der Waals surface area contributed by atoms with E-state index < -0.39 is 11.4 Å². The van der Waals surface area contributed by atoms with Crippen molar-refractivity contribution >= 4 is 14.7 Å². The van der Waals surface area contributed by atoms with Crippen LogP contribution in [0.5, 0.6) is 11.5 Å². The summed E-state index contributed by atoms with van der Waals surface area (Å²) >= 11 is 0. The summed E-state index contributed by atoms with van der Waals surface area (Å²) in [6.45, 7) is 15.3. The van der Waals surface area contributed by atoms with Crippen LogP contribution in [0.2, 0.25) is 19.1 Å². The molecular formula is C21H35FNO3Si. The summed E-state index contributed by atoms with van der Waals surface area (Å²) in [5.74, 6) is -0.653. The topological polar surface area (TPSA) is 47.6 Å². The van der Waals surface area contributed by atoms with Gasteiger partial charge in [0.2, 0.25) is 0 Å². The molecule has 0 saturated heterocycles. The van der Waals surface area contributed by atoms with Gasteiger partial charge in [0.1, 0.15) is 0 Å². The molecule has 153 valence electrons. The molecule has 1 aromatic rings. The Morgan fingerprint density at radius 2 is 1.78 bits per heavy atom. The second kappa shape index (κ2) is 9.58. The van der Waals surface area contributed by atoms with E-state index in [1.54, 1.807) is 0 Å². The molecule has 1 rings (SSSR count). The molecule has 0 fully saturated rings. The number of halogens is 1. The Morgan fingerprint density at radius 3 is 2.30 bits per heavy atom. The fraction of sp³-hybridized carbons (Fsp3) is 0.667. The zero-order valence-corrected chi connectivity index (χ0v) is 19.1. The summed E-state index contributed by atoms with van der Waals surface area (Å²) in [6.07, 6.45) is 1.68.